The summed E-state index contributed by atoms with van der Waals surface area (Å²) >= 11 is 5.81. The first-order chi connectivity index (χ1) is 9.13. The van der Waals surface area contributed by atoms with Crippen LogP contribution < -0.4 is 11.1 Å². The smallest absolute Gasteiger partial charge is 0.147 e. The number of nitrogens with one attached hydrogen (secondary N) is 1. The molecule has 0 aromatic heterocycles. The third kappa shape index (κ3) is 3.06. The molecule has 4 heteroatoms. The zero-order valence-electron chi connectivity index (χ0n) is 10.7. The molecule has 0 heterocycles. The predicted molar refractivity (Wildman–Crippen MR) is 78.0 cm³/mol. The molecule has 0 aliphatic heterocycles. The molecule has 0 amide bonds. The lowest BCUT2D eigenvalue weighted by Crippen LogP contribution is -2.22. The fourth-order valence-electron chi connectivity index (χ4n) is 1.98. The zero-order valence-corrected chi connectivity index (χ0v) is 11.4. The third-order valence-electron chi connectivity index (χ3n) is 3.07. The molecule has 2 aromatic rings. The van der Waals surface area contributed by atoms with Crippen molar-refractivity contribution in [3.05, 3.63) is 64.4 Å². The molecule has 0 spiro atoms. The Hall–Kier alpha value is -1.58. The zero-order chi connectivity index (χ0) is 13.8. The molecular formula is C15H16ClFN2. The first-order valence-corrected chi connectivity index (χ1v) is 6.47. The Bertz CT molecular complexity index is 572. The van der Waals surface area contributed by atoms with Crippen LogP contribution in [0.3, 0.4) is 0 Å². The van der Waals surface area contributed by atoms with Gasteiger partial charge in [-0.1, -0.05) is 41.9 Å². The number of rotatable bonds is 4. The molecule has 0 saturated heterocycles. The maximum absolute atomic E-state index is 14.0. The second-order valence-electron chi connectivity index (χ2n) is 4.39. The number of hydrogen-bond acceptors (Lipinski definition) is 2. The van der Waals surface area contributed by atoms with E-state index in [1.165, 1.54) is 6.07 Å². The van der Waals surface area contributed by atoms with E-state index >= 15 is 0 Å². The average Bonchev–Trinajstić information content (AvgIpc) is 2.41. The molecule has 1 atom stereocenters. The van der Waals surface area contributed by atoms with Crippen molar-refractivity contribution >= 4 is 17.3 Å². The van der Waals surface area contributed by atoms with Gasteiger partial charge < -0.3 is 11.1 Å². The van der Waals surface area contributed by atoms with Crippen LogP contribution in [0.2, 0.25) is 5.02 Å². The Morgan fingerprint density at radius 2 is 1.95 bits per heavy atom. The summed E-state index contributed by atoms with van der Waals surface area (Å²) in [4.78, 5) is 0. The summed E-state index contributed by atoms with van der Waals surface area (Å²) in [5.41, 5.74) is 8.26. The fourth-order valence-corrected chi connectivity index (χ4v) is 2.16. The quantitative estimate of drug-likeness (QED) is 0.890. The average molecular weight is 279 g/mol. The maximum Gasteiger partial charge on any atom is 0.147 e. The van der Waals surface area contributed by atoms with Gasteiger partial charge in [0.05, 0.1) is 11.1 Å². The van der Waals surface area contributed by atoms with Crippen molar-refractivity contribution in [3.8, 4) is 0 Å². The van der Waals surface area contributed by atoms with Crippen LogP contribution in [0.25, 0.3) is 0 Å². The largest absolute Gasteiger partial charge is 0.377 e. The molecule has 2 rings (SSSR count). The molecule has 0 bridgehead atoms. The number of anilines is 1. The summed E-state index contributed by atoms with van der Waals surface area (Å²) in [5, 5.41) is 3.37. The van der Waals surface area contributed by atoms with Crippen molar-refractivity contribution in [3.63, 3.8) is 0 Å². The summed E-state index contributed by atoms with van der Waals surface area (Å²) in [6.07, 6.45) is 0. The van der Waals surface area contributed by atoms with Crippen LogP contribution in [0.4, 0.5) is 10.1 Å². The molecule has 100 valence electrons. The predicted octanol–water partition coefficient (Wildman–Crippen LogP) is 3.90. The molecule has 0 aliphatic rings. The van der Waals surface area contributed by atoms with Gasteiger partial charge in [-0.2, -0.15) is 0 Å². The number of para-hydroxylation sites is 1. The van der Waals surface area contributed by atoms with Gasteiger partial charge in [0.15, 0.2) is 0 Å². The molecule has 3 N–H and O–H groups in total. The second-order valence-corrected chi connectivity index (χ2v) is 4.80. The van der Waals surface area contributed by atoms with Gasteiger partial charge in [-0.15, -0.1) is 0 Å². The number of nitrogens with two attached hydrogens (primary N) is 1. The maximum atomic E-state index is 14.0. The lowest BCUT2D eigenvalue weighted by Gasteiger charge is -2.20. The van der Waals surface area contributed by atoms with E-state index < -0.39 is 5.82 Å². The lowest BCUT2D eigenvalue weighted by molar-refractivity contribution is 0.594. The van der Waals surface area contributed by atoms with Crippen molar-refractivity contribution in [2.45, 2.75) is 13.0 Å². The van der Waals surface area contributed by atoms with Gasteiger partial charge in [0.25, 0.3) is 0 Å². The minimum atomic E-state index is -0.416. The van der Waals surface area contributed by atoms with Gasteiger partial charge in [-0.25, -0.2) is 4.39 Å². The minimum Gasteiger partial charge on any atom is -0.377 e. The highest BCUT2D eigenvalue weighted by molar-refractivity contribution is 6.30. The van der Waals surface area contributed by atoms with Crippen molar-refractivity contribution in [1.29, 1.82) is 0 Å². The Labute approximate surface area is 117 Å². The van der Waals surface area contributed by atoms with Crippen LogP contribution in [-0.2, 0) is 0 Å². The topological polar surface area (TPSA) is 38.0 Å². The van der Waals surface area contributed by atoms with Crippen LogP contribution in [0.1, 0.15) is 17.2 Å². The number of aryl methyl sites for hydroxylation is 1. The van der Waals surface area contributed by atoms with Crippen LogP contribution >= 0.6 is 11.6 Å². The summed E-state index contributed by atoms with van der Waals surface area (Å²) < 4.78 is 14.0. The van der Waals surface area contributed by atoms with E-state index in [1.54, 1.807) is 12.1 Å². The van der Waals surface area contributed by atoms with Gasteiger partial charge in [-0.05, 0) is 24.6 Å². The Morgan fingerprint density at radius 3 is 2.63 bits per heavy atom. The van der Waals surface area contributed by atoms with E-state index in [9.17, 15) is 4.39 Å². The Balaban J connectivity index is 2.31. The van der Waals surface area contributed by atoms with Crippen LogP contribution in [0.5, 0.6) is 0 Å². The number of hydrogen-bond donors (Lipinski definition) is 2. The Kier molecular flexibility index (Phi) is 4.40. The lowest BCUT2D eigenvalue weighted by atomic mass is 10.0. The van der Waals surface area contributed by atoms with Crippen LogP contribution in [-0.4, -0.2) is 6.54 Å². The molecule has 0 radical (unpaired) electrons. The van der Waals surface area contributed by atoms with Crippen molar-refractivity contribution in [2.24, 2.45) is 5.73 Å². The van der Waals surface area contributed by atoms with Gasteiger partial charge >= 0.3 is 0 Å². The molecule has 0 saturated carbocycles. The molecule has 1 unspecified atom stereocenters. The SMILES string of the molecule is Cc1ccccc1NC(CN)c1cccc(Cl)c1F. The van der Waals surface area contributed by atoms with E-state index in [2.05, 4.69) is 5.32 Å². The van der Waals surface area contributed by atoms with E-state index in [-0.39, 0.29) is 17.6 Å². The normalized spacial score (nSPS) is 12.2. The first-order valence-electron chi connectivity index (χ1n) is 6.09. The van der Waals surface area contributed by atoms with Crippen molar-refractivity contribution in [1.82, 2.24) is 0 Å². The molecule has 2 aromatic carbocycles. The van der Waals surface area contributed by atoms with Gasteiger partial charge in [0.2, 0.25) is 0 Å². The van der Waals surface area contributed by atoms with Gasteiger partial charge in [-0.3, -0.25) is 0 Å². The van der Waals surface area contributed by atoms with E-state index in [4.69, 9.17) is 17.3 Å². The van der Waals surface area contributed by atoms with Gasteiger partial charge in [0, 0.05) is 17.8 Å². The van der Waals surface area contributed by atoms with Crippen LogP contribution in [0, 0.1) is 12.7 Å². The van der Waals surface area contributed by atoms with Crippen molar-refractivity contribution in [2.75, 3.05) is 11.9 Å². The molecular weight excluding hydrogens is 263 g/mol. The standard InChI is InChI=1S/C15H16ClFN2/c1-10-5-2-3-8-13(10)19-14(9-18)11-6-4-7-12(16)15(11)17/h2-8,14,19H,9,18H2,1H3. The highest BCUT2D eigenvalue weighted by atomic mass is 35.5. The van der Waals surface area contributed by atoms with E-state index in [1.807, 2.05) is 31.2 Å². The highest BCUT2D eigenvalue weighted by Crippen LogP contribution is 2.26. The van der Waals surface area contributed by atoms with Crippen molar-refractivity contribution < 1.29 is 4.39 Å². The summed E-state index contributed by atoms with van der Waals surface area (Å²) in [6, 6.07) is 12.5. The first kappa shape index (κ1) is 13.8. The third-order valence-corrected chi connectivity index (χ3v) is 3.36. The fraction of sp³-hybridized carbons (Fsp3) is 0.200. The highest BCUT2D eigenvalue weighted by Gasteiger charge is 2.16. The monoisotopic (exact) mass is 278 g/mol. The Morgan fingerprint density at radius 1 is 1.21 bits per heavy atom. The molecule has 0 fully saturated rings. The second kappa shape index (κ2) is 6.04. The molecule has 19 heavy (non-hydrogen) atoms. The molecule has 0 aliphatic carbocycles. The van der Waals surface area contributed by atoms with Gasteiger partial charge in [0.1, 0.15) is 5.82 Å². The minimum absolute atomic E-state index is 0.113. The summed E-state index contributed by atoms with van der Waals surface area (Å²) in [5.74, 6) is -0.416. The summed E-state index contributed by atoms with van der Waals surface area (Å²) in [7, 11) is 0. The van der Waals surface area contributed by atoms with E-state index in [0.29, 0.717) is 5.56 Å². The van der Waals surface area contributed by atoms with E-state index in [0.717, 1.165) is 11.3 Å². The van der Waals surface area contributed by atoms with Crippen LogP contribution in [0.15, 0.2) is 42.5 Å². The number of benzene rings is 2. The molecule has 2 nitrogen and oxygen atoms in total. The summed E-state index contributed by atoms with van der Waals surface area (Å²) in [6.45, 7) is 2.27. The number of halogens is 2.